The van der Waals surface area contributed by atoms with E-state index in [9.17, 15) is 9.18 Å². The number of carbonyl (C=O) groups is 1. The highest BCUT2D eigenvalue weighted by molar-refractivity contribution is 5.87. The van der Waals surface area contributed by atoms with Gasteiger partial charge in [0, 0.05) is 7.11 Å². The summed E-state index contributed by atoms with van der Waals surface area (Å²) in [6, 6.07) is 15.7. The SMILES string of the molecule is COCc1nn2c(nnc3c(CC(=O)OC)nn(-c4cccc(F)c4)c32)c1-c1ccccc1. The summed E-state index contributed by atoms with van der Waals surface area (Å²) < 4.78 is 27.3. The molecule has 5 rings (SSSR count). The van der Waals surface area contributed by atoms with E-state index in [4.69, 9.17) is 14.6 Å². The summed E-state index contributed by atoms with van der Waals surface area (Å²) in [5, 5.41) is 18.1. The van der Waals surface area contributed by atoms with Gasteiger partial charge in [0.2, 0.25) is 0 Å². The van der Waals surface area contributed by atoms with Crippen LogP contribution in [0.15, 0.2) is 54.6 Å². The highest BCUT2D eigenvalue weighted by atomic mass is 19.1. The molecule has 3 aromatic heterocycles. The summed E-state index contributed by atoms with van der Waals surface area (Å²) in [7, 11) is 2.89. The highest BCUT2D eigenvalue weighted by Crippen LogP contribution is 2.30. The van der Waals surface area contributed by atoms with Gasteiger partial charge in [-0.1, -0.05) is 36.4 Å². The lowest BCUT2D eigenvalue weighted by molar-refractivity contribution is -0.139. The van der Waals surface area contributed by atoms with Crippen LogP contribution in [-0.4, -0.2) is 49.8 Å². The second-order valence-electron chi connectivity index (χ2n) is 7.32. The summed E-state index contributed by atoms with van der Waals surface area (Å²) in [6.45, 7) is 0.248. The van der Waals surface area contributed by atoms with Gasteiger partial charge >= 0.3 is 5.97 Å². The zero-order chi connectivity index (χ0) is 22.9. The van der Waals surface area contributed by atoms with E-state index in [0.717, 1.165) is 11.1 Å². The molecule has 0 N–H and O–H groups in total. The molecule has 0 aliphatic carbocycles. The van der Waals surface area contributed by atoms with Crippen LogP contribution in [0.5, 0.6) is 0 Å². The molecule has 5 aromatic rings. The van der Waals surface area contributed by atoms with Crippen LogP contribution in [0.2, 0.25) is 0 Å². The Morgan fingerprint density at radius 2 is 1.82 bits per heavy atom. The third-order valence-corrected chi connectivity index (χ3v) is 5.22. The van der Waals surface area contributed by atoms with E-state index in [1.165, 1.54) is 23.9 Å². The normalized spacial score (nSPS) is 11.4. The standard InChI is InChI=1S/C23H19FN6O3/c1-32-13-18-20(14-7-4-3-5-8-14)22-26-25-21-17(12-19(31)33-2)27-29(23(21)30(22)28-18)16-10-6-9-15(24)11-16/h3-11H,12-13H2,1-2H3. The first-order chi connectivity index (χ1) is 16.1. The molecular weight excluding hydrogens is 427 g/mol. The van der Waals surface area contributed by atoms with Crippen LogP contribution in [-0.2, 0) is 27.3 Å². The average Bonchev–Trinajstić information content (AvgIpc) is 3.38. The van der Waals surface area contributed by atoms with Crippen molar-refractivity contribution in [3.63, 3.8) is 0 Å². The van der Waals surface area contributed by atoms with Gasteiger partial charge in [-0.2, -0.15) is 14.7 Å². The maximum Gasteiger partial charge on any atom is 0.311 e. The fourth-order valence-electron chi connectivity index (χ4n) is 3.78. The largest absolute Gasteiger partial charge is 0.469 e. The third kappa shape index (κ3) is 3.60. The predicted octanol–water partition coefficient (Wildman–Crippen LogP) is 3.13. The highest BCUT2D eigenvalue weighted by Gasteiger charge is 2.24. The molecule has 166 valence electrons. The summed E-state index contributed by atoms with van der Waals surface area (Å²) in [5.74, 6) is -0.900. The number of rotatable bonds is 6. The minimum absolute atomic E-state index is 0.118. The molecule has 0 amide bonds. The number of aromatic nitrogens is 6. The fourth-order valence-corrected chi connectivity index (χ4v) is 3.78. The summed E-state index contributed by atoms with van der Waals surface area (Å²) in [5.41, 5.74) is 4.44. The van der Waals surface area contributed by atoms with Gasteiger partial charge < -0.3 is 9.47 Å². The zero-order valence-electron chi connectivity index (χ0n) is 17.9. The van der Waals surface area contributed by atoms with Crippen LogP contribution in [0.4, 0.5) is 4.39 Å². The van der Waals surface area contributed by atoms with Crippen LogP contribution in [0.3, 0.4) is 0 Å². The van der Waals surface area contributed by atoms with Gasteiger partial charge in [0.05, 0.1) is 37.1 Å². The van der Waals surface area contributed by atoms with Crippen molar-refractivity contribution < 1.29 is 18.7 Å². The number of ether oxygens (including phenoxy) is 2. The van der Waals surface area contributed by atoms with Crippen molar-refractivity contribution in [1.82, 2.24) is 29.6 Å². The Labute approximate surface area is 187 Å². The van der Waals surface area contributed by atoms with Gasteiger partial charge in [-0.05, 0) is 23.8 Å². The lowest BCUT2D eigenvalue weighted by atomic mass is 10.1. The molecule has 0 atom stereocenters. The van der Waals surface area contributed by atoms with Crippen LogP contribution in [0, 0.1) is 5.82 Å². The monoisotopic (exact) mass is 446 g/mol. The van der Waals surface area contributed by atoms with E-state index in [0.29, 0.717) is 33.9 Å². The maximum absolute atomic E-state index is 14.0. The summed E-state index contributed by atoms with van der Waals surface area (Å²) in [6.07, 6.45) is -0.118. The molecule has 0 radical (unpaired) electrons. The van der Waals surface area contributed by atoms with Gasteiger partial charge in [0.15, 0.2) is 16.8 Å². The zero-order valence-corrected chi connectivity index (χ0v) is 17.9. The van der Waals surface area contributed by atoms with Crippen molar-refractivity contribution in [1.29, 1.82) is 0 Å². The number of benzene rings is 2. The Hall–Kier alpha value is -4.18. The first kappa shape index (κ1) is 20.7. The Bertz CT molecular complexity index is 1480. The molecule has 2 aromatic carbocycles. The number of nitrogens with zero attached hydrogens (tertiary/aromatic N) is 6. The van der Waals surface area contributed by atoms with Crippen LogP contribution < -0.4 is 0 Å². The number of hydrogen-bond donors (Lipinski definition) is 0. The molecule has 0 saturated heterocycles. The average molecular weight is 446 g/mol. The van der Waals surface area contributed by atoms with Crippen molar-refractivity contribution in [3.05, 3.63) is 71.8 Å². The van der Waals surface area contributed by atoms with Crippen LogP contribution in [0.1, 0.15) is 11.4 Å². The number of fused-ring (bicyclic) bond motifs is 3. The Morgan fingerprint density at radius 3 is 2.55 bits per heavy atom. The number of hydrogen-bond acceptors (Lipinski definition) is 7. The minimum atomic E-state index is -0.479. The molecule has 0 aliphatic heterocycles. The molecule has 0 bridgehead atoms. The van der Waals surface area contributed by atoms with E-state index >= 15 is 0 Å². The van der Waals surface area contributed by atoms with E-state index in [-0.39, 0.29) is 13.0 Å². The van der Waals surface area contributed by atoms with E-state index < -0.39 is 11.8 Å². The molecular formula is C23H19FN6O3. The lowest BCUT2D eigenvalue weighted by Crippen LogP contribution is -2.06. The van der Waals surface area contributed by atoms with E-state index in [1.807, 2.05) is 30.3 Å². The molecule has 0 aliphatic rings. The Morgan fingerprint density at radius 1 is 1.00 bits per heavy atom. The first-order valence-corrected chi connectivity index (χ1v) is 10.1. The third-order valence-electron chi connectivity index (χ3n) is 5.22. The molecule has 0 saturated carbocycles. The van der Waals surface area contributed by atoms with Crippen molar-refractivity contribution in [2.45, 2.75) is 13.0 Å². The molecule has 9 nitrogen and oxygen atoms in total. The van der Waals surface area contributed by atoms with Crippen molar-refractivity contribution in [2.75, 3.05) is 14.2 Å². The van der Waals surface area contributed by atoms with Gasteiger partial charge in [0.25, 0.3) is 0 Å². The quantitative estimate of drug-likeness (QED) is 0.370. The topological polar surface area (TPSA) is 96.4 Å². The summed E-state index contributed by atoms with van der Waals surface area (Å²) >= 11 is 0. The summed E-state index contributed by atoms with van der Waals surface area (Å²) in [4.78, 5) is 12.0. The predicted molar refractivity (Wildman–Crippen MR) is 117 cm³/mol. The molecule has 0 spiro atoms. The number of carbonyl (C=O) groups excluding carboxylic acids is 1. The number of halogens is 1. The van der Waals surface area contributed by atoms with Crippen molar-refractivity contribution in [3.8, 4) is 16.8 Å². The van der Waals surface area contributed by atoms with Gasteiger partial charge in [-0.25, -0.2) is 9.07 Å². The van der Waals surface area contributed by atoms with Crippen molar-refractivity contribution >= 4 is 22.8 Å². The van der Waals surface area contributed by atoms with E-state index in [1.54, 1.807) is 23.8 Å². The Kier molecular flexibility index (Phi) is 5.27. The minimum Gasteiger partial charge on any atom is -0.469 e. The molecule has 0 unspecified atom stereocenters. The first-order valence-electron chi connectivity index (χ1n) is 10.1. The van der Waals surface area contributed by atoms with Crippen LogP contribution >= 0.6 is 0 Å². The van der Waals surface area contributed by atoms with Crippen molar-refractivity contribution in [2.24, 2.45) is 0 Å². The molecule has 33 heavy (non-hydrogen) atoms. The fraction of sp³-hybridized carbons (Fsp3) is 0.174. The molecule has 10 heteroatoms. The smallest absolute Gasteiger partial charge is 0.311 e. The van der Waals surface area contributed by atoms with Gasteiger partial charge in [-0.3, -0.25) is 4.79 Å². The van der Waals surface area contributed by atoms with Gasteiger partial charge in [0.1, 0.15) is 11.5 Å². The van der Waals surface area contributed by atoms with E-state index in [2.05, 4.69) is 15.3 Å². The number of esters is 1. The maximum atomic E-state index is 14.0. The number of methoxy groups -OCH3 is 2. The molecule has 0 fully saturated rings. The lowest BCUT2D eigenvalue weighted by Gasteiger charge is -2.04. The Balaban J connectivity index is 1.86. The molecule has 3 heterocycles. The second-order valence-corrected chi connectivity index (χ2v) is 7.32. The van der Waals surface area contributed by atoms with Gasteiger partial charge in [-0.15, -0.1) is 10.2 Å². The second kappa shape index (κ2) is 8.40. The van der Waals surface area contributed by atoms with Crippen LogP contribution in [0.25, 0.3) is 33.6 Å².